The van der Waals surface area contributed by atoms with E-state index >= 15 is 0 Å². The largest absolute Gasteiger partial charge is 0.497 e. The zero-order valence-corrected chi connectivity index (χ0v) is 14.4. The molecule has 0 aliphatic rings. The molecule has 5 nitrogen and oxygen atoms in total. The van der Waals surface area contributed by atoms with E-state index in [4.69, 9.17) is 14.2 Å². The third kappa shape index (κ3) is 4.51. The van der Waals surface area contributed by atoms with Gasteiger partial charge in [-0.25, -0.2) is 8.93 Å². The van der Waals surface area contributed by atoms with Gasteiger partial charge in [-0.3, -0.25) is 0 Å². The standard InChI is InChI=1S/C15H25NO4S/c1-14(2,3)21(17)16-11-15(19-5,20-6)12-7-9-13(18-4)10-8-12/h7-10,16H,11H2,1-6H3/t21-/m1/s1. The summed E-state index contributed by atoms with van der Waals surface area (Å²) < 4.78 is 31.0. The Balaban J connectivity index is 2.94. The minimum absolute atomic E-state index is 0.274. The minimum atomic E-state index is -1.20. The van der Waals surface area contributed by atoms with E-state index in [1.807, 2.05) is 45.0 Å². The fraction of sp³-hybridized carbons (Fsp3) is 0.600. The van der Waals surface area contributed by atoms with Gasteiger partial charge in [0, 0.05) is 19.8 Å². The number of hydrogen-bond acceptors (Lipinski definition) is 4. The lowest BCUT2D eigenvalue weighted by Crippen LogP contribution is -2.45. The molecule has 0 aromatic heterocycles. The highest BCUT2D eigenvalue weighted by molar-refractivity contribution is 7.84. The quantitative estimate of drug-likeness (QED) is 0.784. The summed E-state index contributed by atoms with van der Waals surface area (Å²) in [5, 5.41) is 0. The fourth-order valence-electron chi connectivity index (χ4n) is 1.79. The van der Waals surface area contributed by atoms with Crippen LogP contribution in [0.3, 0.4) is 0 Å². The van der Waals surface area contributed by atoms with Crippen molar-refractivity contribution in [2.75, 3.05) is 27.9 Å². The Labute approximate surface area is 129 Å². The van der Waals surface area contributed by atoms with E-state index in [2.05, 4.69) is 4.72 Å². The van der Waals surface area contributed by atoms with Gasteiger partial charge >= 0.3 is 0 Å². The molecule has 0 saturated heterocycles. The van der Waals surface area contributed by atoms with Crippen LogP contribution in [0.1, 0.15) is 26.3 Å². The first-order valence-corrected chi connectivity index (χ1v) is 7.84. The van der Waals surface area contributed by atoms with Crippen LogP contribution in [0.15, 0.2) is 24.3 Å². The maximum absolute atomic E-state index is 12.1. The van der Waals surface area contributed by atoms with Crippen molar-refractivity contribution in [3.63, 3.8) is 0 Å². The van der Waals surface area contributed by atoms with E-state index in [9.17, 15) is 4.21 Å². The average Bonchev–Trinajstić information content (AvgIpc) is 2.48. The smallest absolute Gasteiger partial charge is 0.208 e. The molecule has 21 heavy (non-hydrogen) atoms. The van der Waals surface area contributed by atoms with Gasteiger partial charge in [0.2, 0.25) is 5.79 Å². The van der Waals surface area contributed by atoms with Crippen LogP contribution in [0, 0.1) is 0 Å². The first-order chi connectivity index (χ1) is 9.79. The normalized spacial score (nSPS) is 14.0. The van der Waals surface area contributed by atoms with Crippen molar-refractivity contribution >= 4 is 11.0 Å². The van der Waals surface area contributed by atoms with Crippen LogP contribution in [0.4, 0.5) is 0 Å². The van der Waals surface area contributed by atoms with Crippen molar-refractivity contribution in [2.45, 2.75) is 31.3 Å². The molecular weight excluding hydrogens is 290 g/mol. The molecule has 1 aromatic rings. The highest BCUT2D eigenvalue weighted by atomic mass is 32.2. The van der Waals surface area contributed by atoms with Gasteiger partial charge in [0.25, 0.3) is 0 Å². The molecule has 1 N–H and O–H groups in total. The zero-order chi connectivity index (χ0) is 16.1. The topological polar surface area (TPSA) is 56.8 Å². The van der Waals surface area contributed by atoms with Gasteiger partial charge in [-0.05, 0) is 45.0 Å². The Bertz CT molecular complexity index is 464. The van der Waals surface area contributed by atoms with E-state index in [0.717, 1.165) is 11.3 Å². The molecule has 0 fully saturated rings. The van der Waals surface area contributed by atoms with Crippen LogP contribution in [-0.2, 0) is 26.2 Å². The molecule has 1 aromatic carbocycles. The van der Waals surface area contributed by atoms with Gasteiger partial charge in [0.15, 0.2) is 0 Å². The molecule has 0 saturated carbocycles. The van der Waals surface area contributed by atoms with Crippen molar-refractivity contribution in [1.29, 1.82) is 0 Å². The van der Waals surface area contributed by atoms with Crippen LogP contribution in [0.2, 0.25) is 0 Å². The van der Waals surface area contributed by atoms with Crippen molar-refractivity contribution in [3.05, 3.63) is 29.8 Å². The second kappa shape index (κ2) is 7.35. The lowest BCUT2D eigenvalue weighted by Gasteiger charge is -2.32. The number of methoxy groups -OCH3 is 3. The summed E-state index contributed by atoms with van der Waals surface area (Å²) in [4.78, 5) is 0. The molecule has 1 atom stereocenters. The molecule has 0 heterocycles. The van der Waals surface area contributed by atoms with Crippen molar-refractivity contribution in [3.8, 4) is 5.75 Å². The van der Waals surface area contributed by atoms with Gasteiger partial charge in [-0.2, -0.15) is 0 Å². The molecule has 0 bridgehead atoms. The Kier molecular flexibility index (Phi) is 6.34. The third-order valence-electron chi connectivity index (χ3n) is 3.18. The molecule has 0 amide bonds. The number of benzene rings is 1. The van der Waals surface area contributed by atoms with Crippen molar-refractivity contribution in [1.82, 2.24) is 4.72 Å². The molecule has 0 unspecified atom stereocenters. The van der Waals surface area contributed by atoms with Gasteiger partial charge < -0.3 is 14.2 Å². The first-order valence-electron chi connectivity index (χ1n) is 6.69. The van der Waals surface area contributed by atoms with Crippen LogP contribution in [0.5, 0.6) is 5.75 Å². The predicted octanol–water partition coefficient (Wildman–Crippen LogP) is 2.19. The molecule has 0 spiro atoms. The second-order valence-corrected chi connectivity index (χ2v) is 7.64. The molecule has 0 aliphatic carbocycles. The highest BCUT2D eigenvalue weighted by Gasteiger charge is 2.34. The molecule has 0 radical (unpaired) electrons. The molecule has 0 aliphatic heterocycles. The highest BCUT2D eigenvalue weighted by Crippen LogP contribution is 2.27. The summed E-state index contributed by atoms with van der Waals surface area (Å²) in [5.74, 6) is -0.237. The summed E-state index contributed by atoms with van der Waals surface area (Å²) in [6.07, 6.45) is 0. The van der Waals surface area contributed by atoms with E-state index in [0.29, 0.717) is 0 Å². The van der Waals surface area contributed by atoms with Crippen molar-refractivity contribution < 1.29 is 18.4 Å². The Morgan fingerprint density at radius 1 is 1.05 bits per heavy atom. The Hall–Kier alpha value is -0.950. The summed E-state index contributed by atoms with van der Waals surface area (Å²) in [5.41, 5.74) is 0.826. The number of nitrogens with one attached hydrogen (secondary N) is 1. The van der Waals surface area contributed by atoms with E-state index < -0.39 is 16.8 Å². The maximum Gasteiger partial charge on any atom is 0.208 e. The minimum Gasteiger partial charge on any atom is -0.497 e. The molecule has 6 heteroatoms. The zero-order valence-electron chi connectivity index (χ0n) is 13.6. The number of rotatable bonds is 7. The van der Waals surface area contributed by atoms with Gasteiger partial charge in [0.1, 0.15) is 5.75 Å². The predicted molar refractivity (Wildman–Crippen MR) is 84.6 cm³/mol. The maximum atomic E-state index is 12.1. The Morgan fingerprint density at radius 3 is 1.95 bits per heavy atom. The third-order valence-corrected chi connectivity index (χ3v) is 4.70. The summed E-state index contributed by atoms with van der Waals surface area (Å²) in [6.45, 7) is 6.00. The van der Waals surface area contributed by atoms with E-state index in [-0.39, 0.29) is 11.3 Å². The monoisotopic (exact) mass is 315 g/mol. The van der Waals surface area contributed by atoms with Crippen molar-refractivity contribution in [2.24, 2.45) is 0 Å². The second-order valence-electron chi connectivity index (χ2n) is 5.59. The van der Waals surface area contributed by atoms with Crippen LogP contribution >= 0.6 is 0 Å². The number of hydrogen-bond donors (Lipinski definition) is 1. The first kappa shape index (κ1) is 18.1. The van der Waals surface area contributed by atoms with Gasteiger partial charge in [-0.15, -0.1) is 0 Å². The molecular formula is C15H25NO4S. The van der Waals surface area contributed by atoms with Crippen LogP contribution in [-0.4, -0.2) is 36.8 Å². The summed E-state index contributed by atoms with van der Waals surface area (Å²) in [6, 6.07) is 7.41. The Morgan fingerprint density at radius 2 is 1.57 bits per heavy atom. The van der Waals surface area contributed by atoms with Gasteiger partial charge in [0.05, 0.1) is 29.4 Å². The number of ether oxygens (including phenoxy) is 3. The van der Waals surface area contributed by atoms with Crippen LogP contribution < -0.4 is 9.46 Å². The van der Waals surface area contributed by atoms with E-state index in [1.165, 1.54) is 0 Å². The van der Waals surface area contributed by atoms with Crippen LogP contribution in [0.25, 0.3) is 0 Å². The fourth-order valence-corrected chi connectivity index (χ4v) is 2.54. The average molecular weight is 315 g/mol. The SMILES string of the molecule is COc1ccc(C(CN[S@](=O)C(C)(C)C)(OC)OC)cc1. The summed E-state index contributed by atoms with van der Waals surface area (Å²) in [7, 11) is 3.54. The van der Waals surface area contributed by atoms with E-state index in [1.54, 1.807) is 21.3 Å². The lowest BCUT2D eigenvalue weighted by molar-refractivity contribution is -0.209. The summed E-state index contributed by atoms with van der Waals surface area (Å²) >= 11 is 0. The lowest BCUT2D eigenvalue weighted by atomic mass is 10.1. The molecule has 1 rings (SSSR count). The van der Waals surface area contributed by atoms with Gasteiger partial charge in [-0.1, -0.05) is 0 Å². The molecule has 120 valence electrons.